The number of ether oxygens (including phenoxy) is 1. The molecular weight excluding hydrogens is 496 g/mol. The first kappa shape index (κ1) is 25.5. The van der Waals surface area contributed by atoms with Crippen LogP contribution in [-0.4, -0.2) is 56.0 Å². The first-order chi connectivity index (χ1) is 18.5. The molecule has 0 spiro atoms. The van der Waals surface area contributed by atoms with E-state index in [9.17, 15) is 4.79 Å². The highest BCUT2D eigenvalue weighted by molar-refractivity contribution is 7.18. The molecule has 6 rings (SSSR count). The lowest BCUT2D eigenvalue weighted by Gasteiger charge is -2.49. The summed E-state index contributed by atoms with van der Waals surface area (Å²) in [7, 11) is 1.84. The van der Waals surface area contributed by atoms with Crippen LogP contribution in [0.3, 0.4) is 0 Å². The highest BCUT2D eigenvalue weighted by Crippen LogP contribution is 2.37. The van der Waals surface area contributed by atoms with Crippen LogP contribution in [0.5, 0.6) is 0 Å². The van der Waals surface area contributed by atoms with Crippen LogP contribution in [0.2, 0.25) is 0 Å². The third-order valence-corrected chi connectivity index (χ3v) is 9.72. The second-order valence-corrected chi connectivity index (χ2v) is 11.8. The van der Waals surface area contributed by atoms with Crippen molar-refractivity contribution in [1.29, 1.82) is 0 Å². The monoisotopic (exact) mass is 534 g/mol. The zero-order valence-electron chi connectivity index (χ0n) is 22.8. The molecule has 0 amide bonds. The van der Waals surface area contributed by atoms with Crippen molar-refractivity contribution in [3.05, 3.63) is 51.9 Å². The molecule has 202 valence electrons. The zero-order valence-corrected chi connectivity index (χ0v) is 23.7. The van der Waals surface area contributed by atoms with Crippen molar-refractivity contribution in [1.82, 2.24) is 24.2 Å². The van der Waals surface area contributed by atoms with Gasteiger partial charge in [0.15, 0.2) is 0 Å². The quantitative estimate of drug-likeness (QED) is 0.326. The SMILES string of the molecule is CC[C@H]1CN(C(C)c2nc3ccccc3s2)[C@H](CC)CN1c1cc(=O)n(C)c2cn(C3CCCCO3)nc12. The Balaban J connectivity index is 1.35. The summed E-state index contributed by atoms with van der Waals surface area (Å²) in [5.74, 6) is 0. The van der Waals surface area contributed by atoms with E-state index in [1.54, 1.807) is 22.0 Å². The number of para-hydroxylation sites is 1. The molecule has 4 aromatic rings. The van der Waals surface area contributed by atoms with Gasteiger partial charge in [-0.1, -0.05) is 26.0 Å². The van der Waals surface area contributed by atoms with Crippen LogP contribution in [0.1, 0.15) is 70.2 Å². The molecule has 0 radical (unpaired) electrons. The second kappa shape index (κ2) is 10.4. The Morgan fingerprint density at radius 1 is 1.13 bits per heavy atom. The molecule has 0 N–H and O–H groups in total. The first-order valence-corrected chi connectivity index (χ1v) is 14.9. The second-order valence-electron chi connectivity index (χ2n) is 10.8. The summed E-state index contributed by atoms with van der Waals surface area (Å²) in [4.78, 5) is 23.2. The number of rotatable bonds is 6. The molecule has 2 aliphatic heterocycles. The van der Waals surface area contributed by atoms with E-state index in [4.69, 9.17) is 14.8 Å². The minimum Gasteiger partial charge on any atom is -0.364 e. The van der Waals surface area contributed by atoms with Crippen LogP contribution in [0.15, 0.2) is 41.3 Å². The van der Waals surface area contributed by atoms with Gasteiger partial charge in [-0.2, -0.15) is 5.10 Å². The Hall–Kier alpha value is -2.75. The van der Waals surface area contributed by atoms with Crippen molar-refractivity contribution in [3.8, 4) is 0 Å². The number of pyridine rings is 1. The van der Waals surface area contributed by atoms with Gasteiger partial charge in [-0.05, 0) is 51.2 Å². The Morgan fingerprint density at radius 3 is 2.68 bits per heavy atom. The number of benzene rings is 1. The molecule has 4 atom stereocenters. The van der Waals surface area contributed by atoms with Gasteiger partial charge in [-0.3, -0.25) is 9.69 Å². The van der Waals surface area contributed by atoms with Crippen molar-refractivity contribution in [2.24, 2.45) is 7.05 Å². The number of aryl methyl sites for hydroxylation is 1. The van der Waals surface area contributed by atoms with Gasteiger partial charge >= 0.3 is 0 Å². The minimum atomic E-state index is -0.0593. The van der Waals surface area contributed by atoms with Crippen LogP contribution in [-0.2, 0) is 11.8 Å². The van der Waals surface area contributed by atoms with Crippen LogP contribution in [0.25, 0.3) is 21.3 Å². The molecule has 0 aliphatic carbocycles. The van der Waals surface area contributed by atoms with E-state index in [1.807, 2.05) is 17.9 Å². The number of thiazole rings is 1. The molecule has 38 heavy (non-hydrogen) atoms. The average Bonchev–Trinajstić information content (AvgIpc) is 3.60. The van der Waals surface area contributed by atoms with Gasteiger partial charge in [0, 0.05) is 44.9 Å². The number of fused-ring (bicyclic) bond motifs is 2. The van der Waals surface area contributed by atoms with E-state index < -0.39 is 0 Å². The van der Waals surface area contributed by atoms with Gasteiger partial charge in [0.2, 0.25) is 0 Å². The molecule has 9 heteroatoms. The summed E-state index contributed by atoms with van der Waals surface area (Å²) < 4.78 is 10.9. The van der Waals surface area contributed by atoms with Crippen molar-refractivity contribution >= 4 is 38.3 Å². The maximum Gasteiger partial charge on any atom is 0.252 e. The Kier molecular flexibility index (Phi) is 7.01. The van der Waals surface area contributed by atoms with Crippen molar-refractivity contribution in [2.75, 3.05) is 24.6 Å². The lowest BCUT2D eigenvalue weighted by molar-refractivity contribution is -0.0390. The lowest BCUT2D eigenvalue weighted by Crippen LogP contribution is -2.58. The van der Waals surface area contributed by atoms with E-state index in [1.165, 1.54) is 9.71 Å². The molecule has 2 aliphatic rings. The first-order valence-electron chi connectivity index (χ1n) is 14.1. The van der Waals surface area contributed by atoms with Crippen molar-refractivity contribution in [2.45, 2.75) is 77.2 Å². The van der Waals surface area contributed by atoms with E-state index >= 15 is 0 Å². The van der Waals surface area contributed by atoms with Crippen molar-refractivity contribution < 1.29 is 4.74 Å². The number of hydrogen-bond donors (Lipinski definition) is 0. The summed E-state index contributed by atoms with van der Waals surface area (Å²) in [5, 5.41) is 6.20. The number of piperazine rings is 1. The van der Waals surface area contributed by atoms with E-state index in [-0.39, 0.29) is 23.9 Å². The summed E-state index contributed by atoms with van der Waals surface area (Å²) in [6.07, 6.45) is 7.14. The minimum absolute atomic E-state index is 0.00443. The number of hydrogen-bond acceptors (Lipinski definition) is 7. The van der Waals surface area contributed by atoms with Gasteiger partial charge in [-0.25, -0.2) is 9.67 Å². The highest BCUT2D eigenvalue weighted by atomic mass is 32.1. The standard InChI is InChI=1S/C29H38N6O2S/c1-5-20-17-34(21(6-2)16-33(20)19(3)29-30-22-11-7-8-12-25(22)38-29)23-15-26(36)32(4)24-18-35(31-28(23)24)27-13-9-10-14-37-27/h7-8,11-12,15,18-21,27H,5-6,9-10,13-14,16-17H2,1-4H3/t19?,20-,21+,27?/m1/s1. The predicted octanol–water partition coefficient (Wildman–Crippen LogP) is 5.48. The van der Waals surface area contributed by atoms with Gasteiger partial charge in [0.25, 0.3) is 5.56 Å². The fourth-order valence-electron chi connectivity index (χ4n) is 6.17. The van der Waals surface area contributed by atoms with Gasteiger partial charge in [-0.15, -0.1) is 11.3 Å². The van der Waals surface area contributed by atoms with Gasteiger partial charge in [0.05, 0.1) is 33.7 Å². The Bertz CT molecular complexity index is 1450. The largest absolute Gasteiger partial charge is 0.364 e. The van der Waals surface area contributed by atoms with E-state index in [0.717, 1.165) is 74.0 Å². The third-order valence-electron chi connectivity index (χ3n) is 8.51. The van der Waals surface area contributed by atoms with Crippen LogP contribution < -0.4 is 10.5 Å². The predicted molar refractivity (Wildman–Crippen MR) is 154 cm³/mol. The summed E-state index contributed by atoms with van der Waals surface area (Å²) in [5.41, 5.74) is 3.80. The van der Waals surface area contributed by atoms with Crippen LogP contribution >= 0.6 is 11.3 Å². The molecule has 0 bridgehead atoms. The molecule has 0 saturated carbocycles. The van der Waals surface area contributed by atoms with Crippen LogP contribution in [0, 0.1) is 0 Å². The van der Waals surface area contributed by atoms with Gasteiger partial charge < -0.3 is 14.2 Å². The fourth-order valence-corrected chi connectivity index (χ4v) is 7.21. The number of aromatic nitrogens is 4. The third kappa shape index (κ3) is 4.44. The number of anilines is 1. The average molecular weight is 535 g/mol. The summed E-state index contributed by atoms with van der Waals surface area (Å²) in [6, 6.07) is 11.1. The van der Waals surface area contributed by atoms with E-state index in [0.29, 0.717) is 6.04 Å². The maximum absolute atomic E-state index is 13.1. The van der Waals surface area contributed by atoms with E-state index in [2.05, 4.69) is 54.8 Å². The molecule has 2 saturated heterocycles. The maximum atomic E-state index is 13.1. The summed E-state index contributed by atoms with van der Waals surface area (Å²) >= 11 is 1.80. The summed E-state index contributed by atoms with van der Waals surface area (Å²) in [6.45, 7) is 9.36. The van der Waals surface area contributed by atoms with Crippen molar-refractivity contribution in [3.63, 3.8) is 0 Å². The molecule has 2 unspecified atom stereocenters. The topological polar surface area (TPSA) is 68.4 Å². The molecule has 2 fully saturated rings. The zero-order chi connectivity index (χ0) is 26.4. The smallest absolute Gasteiger partial charge is 0.252 e. The number of nitrogens with zero attached hydrogens (tertiary/aromatic N) is 6. The highest BCUT2D eigenvalue weighted by Gasteiger charge is 2.37. The van der Waals surface area contributed by atoms with Gasteiger partial charge in [0.1, 0.15) is 16.8 Å². The Labute approximate surface area is 227 Å². The molecule has 5 heterocycles. The lowest BCUT2D eigenvalue weighted by atomic mass is 9.99. The fraction of sp³-hybridized carbons (Fsp3) is 0.552. The Morgan fingerprint density at radius 2 is 1.95 bits per heavy atom. The molecule has 3 aromatic heterocycles. The normalized spacial score (nSPS) is 23.9. The van der Waals surface area contributed by atoms with Crippen LogP contribution in [0.4, 0.5) is 5.69 Å². The molecule has 1 aromatic carbocycles. The molecule has 8 nitrogen and oxygen atoms in total. The molecular formula is C29H38N6O2S.